The zero-order valence-electron chi connectivity index (χ0n) is 8.72. The van der Waals surface area contributed by atoms with Crippen molar-refractivity contribution in [3.63, 3.8) is 0 Å². The van der Waals surface area contributed by atoms with Gasteiger partial charge in [-0.2, -0.15) is 0 Å². The van der Waals surface area contributed by atoms with Crippen molar-refractivity contribution in [2.24, 2.45) is 0 Å². The molecule has 0 aromatic carbocycles. The van der Waals surface area contributed by atoms with Crippen molar-refractivity contribution in [3.05, 3.63) is 18.6 Å². The van der Waals surface area contributed by atoms with Gasteiger partial charge in [-0.15, -0.1) is 11.8 Å². The molecule has 1 fully saturated rings. The van der Waals surface area contributed by atoms with Crippen LogP contribution in [0.2, 0.25) is 0 Å². The second-order valence-electron chi connectivity index (χ2n) is 3.48. The van der Waals surface area contributed by atoms with Crippen LogP contribution in [0.25, 0.3) is 0 Å². The fourth-order valence-corrected chi connectivity index (χ4v) is 2.40. The summed E-state index contributed by atoms with van der Waals surface area (Å²) in [5.74, 6) is 1.10. The van der Waals surface area contributed by atoms with E-state index in [4.69, 9.17) is 0 Å². The highest BCUT2D eigenvalue weighted by molar-refractivity contribution is 7.99. The summed E-state index contributed by atoms with van der Waals surface area (Å²) >= 11 is 1.78. The lowest BCUT2D eigenvalue weighted by Crippen LogP contribution is -2.44. The van der Waals surface area contributed by atoms with E-state index >= 15 is 0 Å². The van der Waals surface area contributed by atoms with Gasteiger partial charge in [-0.25, -0.2) is 4.98 Å². The molecule has 1 saturated heterocycles. The van der Waals surface area contributed by atoms with Gasteiger partial charge in [0.25, 0.3) is 0 Å². The summed E-state index contributed by atoms with van der Waals surface area (Å²) in [6.07, 6.45) is 5.27. The predicted molar refractivity (Wildman–Crippen MR) is 62.1 cm³/mol. The average molecular weight is 224 g/mol. The maximum absolute atomic E-state index is 4.23. The highest BCUT2D eigenvalue weighted by Gasteiger charge is 2.08. The molecule has 0 bridgehead atoms. The molecule has 1 aliphatic heterocycles. The van der Waals surface area contributed by atoms with Gasteiger partial charge in [-0.05, 0) is 0 Å². The van der Waals surface area contributed by atoms with E-state index in [-0.39, 0.29) is 0 Å². The molecular formula is C10H16N4S. The fraction of sp³-hybridized carbons (Fsp3) is 0.600. The second kappa shape index (κ2) is 6.05. The molecular weight excluding hydrogens is 208 g/mol. The Labute approximate surface area is 94.5 Å². The molecule has 0 aliphatic carbocycles. The third-order valence-corrected chi connectivity index (χ3v) is 3.30. The van der Waals surface area contributed by atoms with E-state index in [9.17, 15) is 0 Å². The quantitative estimate of drug-likeness (QED) is 0.753. The molecule has 2 rings (SSSR count). The molecule has 0 atom stereocenters. The molecule has 1 aliphatic rings. The van der Waals surface area contributed by atoms with Gasteiger partial charge < -0.3 is 5.32 Å². The second-order valence-corrected chi connectivity index (χ2v) is 4.60. The third kappa shape index (κ3) is 3.77. The van der Waals surface area contributed by atoms with Gasteiger partial charge in [0.15, 0.2) is 0 Å². The highest BCUT2D eigenvalue weighted by atomic mass is 32.2. The summed E-state index contributed by atoms with van der Waals surface area (Å²) in [4.78, 5) is 10.8. The van der Waals surface area contributed by atoms with Crippen molar-refractivity contribution >= 4 is 11.8 Å². The van der Waals surface area contributed by atoms with Crippen LogP contribution in [0.4, 0.5) is 0 Å². The first-order chi connectivity index (χ1) is 7.45. The van der Waals surface area contributed by atoms with E-state index in [1.54, 1.807) is 24.2 Å². The Morgan fingerprint density at radius 2 is 2.20 bits per heavy atom. The van der Waals surface area contributed by atoms with E-state index in [1.165, 1.54) is 13.1 Å². The number of rotatable bonds is 4. The Hall–Kier alpha value is -0.650. The maximum atomic E-state index is 4.23. The average Bonchev–Trinajstić information content (AvgIpc) is 2.32. The largest absolute Gasteiger partial charge is 0.314 e. The maximum Gasteiger partial charge on any atom is 0.114 e. The van der Waals surface area contributed by atoms with Gasteiger partial charge in [0.05, 0.1) is 6.20 Å². The minimum atomic E-state index is 1.02. The molecule has 0 spiro atoms. The first kappa shape index (κ1) is 10.9. The van der Waals surface area contributed by atoms with Gasteiger partial charge >= 0.3 is 0 Å². The van der Waals surface area contributed by atoms with Crippen LogP contribution in [0, 0.1) is 0 Å². The molecule has 1 N–H and O–H groups in total. The van der Waals surface area contributed by atoms with Gasteiger partial charge in [-0.1, -0.05) is 0 Å². The molecule has 4 nitrogen and oxygen atoms in total. The smallest absolute Gasteiger partial charge is 0.114 e. The molecule has 82 valence electrons. The number of piperazine rings is 1. The summed E-state index contributed by atoms with van der Waals surface area (Å²) < 4.78 is 0. The first-order valence-electron chi connectivity index (χ1n) is 5.27. The van der Waals surface area contributed by atoms with Crippen molar-refractivity contribution in [2.75, 3.05) is 38.5 Å². The number of hydrogen-bond donors (Lipinski definition) is 1. The zero-order valence-corrected chi connectivity index (χ0v) is 9.54. The molecule has 0 saturated carbocycles. The van der Waals surface area contributed by atoms with Crippen molar-refractivity contribution in [1.29, 1.82) is 0 Å². The molecule has 0 radical (unpaired) electrons. The van der Waals surface area contributed by atoms with Crippen LogP contribution in [0.5, 0.6) is 0 Å². The molecule has 1 aromatic rings. The van der Waals surface area contributed by atoms with Crippen LogP contribution >= 0.6 is 11.8 Å². The molecule has 0 unspecified atom stereocenters. The highest BCUT2D eigenvalue weighted by Crippen LogP contribution is 2.12. The molecule has 15 heavy (non-hydrogen) atoms. The number of hydrogen-bond acceptors (Lipinski definition) is 5. The monoisotopic (exact) mass is 224 g/mol. The van der Waals surface area contributed by atoms with Crippen LogP contribution in [0.15, 0.2) is 23.6 Å². The van der Waals surface area contributed by atoms with Crippen LogP contribution in [-0.2, 0) is 0 Å². The summed E-state index contributed by atoms with van der Waals surface area (Å²) in [7, 11) is 0. The van der Waals surface area contributed by atoms with Crippen LogP contribution in [-0.4, -0.2) is 53.3 Å². The number of nitrogens with one attached hydrogen (secondary N) is 1. The standard InChI is InChI=1S/C10H16N4S/c1-2-13-10(9-12-1)15-8-7-14-5-3-11-4-6-14/h1-2,9,11H,3-8H2. The SMILES string of the molecule is c1cnc(SCCN2CCNCC2)cn1. The zero-order chi connectivity index (χ0) is 10.3. The Balaban J connectivity index is 1.66. The third-order valence-electron chi connectivity index (χ3n) is 2.41. The Morgan fingerprint density at radius 1 is 1.33 bits per heavy atom. The Bertz CT molecular complexity index is 274. The van der Waals surface area contributed by atoms with E-state index in [0.717, 1.165) is 30.4 Å². The summed E-state index contributed by atoms with van der Waals surface area (Å²) in [5.41, 5.74) is 0. The summed E-state index contributed by atoms with van der Waals surface area (Å²) in [5, 5.41) is 4.37. The minimum Gasteiger partial charge on any atom is -0.314 e. The van der Waals surface area contributed by atoms with E-state index in [1.807, 2.05) is 6.20 Å². The van der Waals surface area contributed by atoms with Crippen molar-refractivity contribution in [1.82, 2.24) is 20.2 Å². The fourth-order valence-electron chi connectivity index (χ4n) is 1.57. The van der Waals surface area contributed by atoms with Crippen molar-refractivity contribution in [2.45, 2.75) is 5.03 Å². The molecule has 0 amide bonds. The summed E-state index contributed by atoms with van der Waals surface area (Å²) in [6.45, 7) is 5.72. The van der Waals surface area contributed by atoms with Gasteiger partial charge in [0, 0.05) is 50.9 Å². The lowest BCUT2D eigenvalue weighted by molar-refractivity contribution is 0.255. The lowest BCUT2D eigenvalue weighted by Gasteiger charge is -2.26. The number of thioether (sulfide) groups is 1. The topological polar surface area (TPSA) is 41.1 Å². The van der Waals surface area contributed by atoms with Crippen molar-refractivity contribution < 1.29 is 0 Å². The van der Waals surface area contributed by atoms with E-state index in [0.29, 0.717) is 0 Å². The lowest BCUT2D eigenvalue weighted by atomic mass is 10.4. The van der Waals surface area contributed by atoms with Crippen molar-refractivity contribution in [3.8, 4) is 0 Å². The van der Waals surface area contributed by atoms with Crippen LogP contribution in [0.3, 0.4) is 0 Å². The minimum absolute atomic E-state index is 1.02. The van der Waals surface area contributed by atoms with E-state index in [2.05, 4.69) is 20.2 Å². The Kier molecular flexibility index (Phi) is 4.38. The number of nitrogens with zero attached hydrogens (tertiary/aromatic N) is 3. The van der Waals surface area contributed by atoms with Gasteiger partial charge in [-0.3, -0.25) is 9.88 Å². The normalized spacial score (nSPS) is 17.9. The van der Waals surface area contributed by atoms with E-state index < -0.39 is 0 Å². The first-order valence-corrected chi connectivity index (χ1v) is 6.25. The Morgan fingerprint density at radius 3 is 2.93 bits per heavy atom. The molecule has 2 heterocycles. The van der Waals surface area contributed by atoms with Crippen LogP contribution < -0.4 is 5.32 Å². The van der Waals surface area contributed by atoms with Gasteiger partial charge in [0.1, 0.15) is 5.03 Å². The predicted octanol–water partition coefficient (Wildman–Crippen LogP) is 0.474. The van der Waals surface area contributed by atoms with Crippen LogP contribution in [0.1, 0.15) is 0 Å². The summed E-state index contributed by atoms with van der Waals surface area (Å²) in [6, 6.07) is 0. The van der Waals surface area contributed by atoms with Gasteiger partial charge in [0.2, 0.25) is 0 Å². The molecule has 5 heteroatoms. The molecule has 1 aromatic heterocycles. The number of aromatic nitrogens is 2.